The van der Waals surface area contributed by atoms with Crippen molar-refractivity contribution in [1.29, 1.82) is 0 Å². The molecule has 10 rings (SSSR count). The number of imidazole rings is 1. The highest BCUT2D eigenvalue weighted by atomic mass is 16.3. The molecule has 0 amide bonds. The van der Waals surface area contributed by atoms with E-state index in [9.17, 15) is 30.6 Å². The maximum Gasteiger partial charge on any atom is 0.169 e. The molecule has 3 fully saturated rings. The summed E-state index contributed by atoms with van der Waals surface area (Å²) in [5.41, 5.74) is 6.46. The Bertz CT molecular complexity index is 2630. The van der Waals surface area contributed by atoms with E-state index in [1.54, 1.807) is 18.2 Å². The van der Waals surface area contributed by atoms with Crippen molar-refractivity contribution < 1.29 is 30.6 Å². The number of nitrogens with one attached hydrogen (secondary N) is 2. The van der Waals surface area contributed by atoms with Gasteiger partial charge in [-0.3, -0.25) is 0 Å². The number of aliphatic hydroxyl groups is 1. The van der Waals surface area contributed by atoms with Gasteiger partial charge in [-0.05, 0) is 138 Å². The molecule has 1 heterocycles. The predicted octanol–water partition coefficient (Wildman–Crippen LogP) is 10.7. The zero-order valence-electron chi connectivity index (χ0n) is 36.9. The minimum atomic E-state index is -0.525. The lowest BCUT2D eigenvalue weighted by Crippen LogP contribution is -2.72. The first kappa shape index (κ1) is 42.4. The first-order chi connectivity index (χ1) is 31.1. The van der Waals surface area contributed by atoms with Gasteiger partial charge in [0.2, 0.25) is 0 Å². The number of benzene rings is 4. The highest BCUT2D eigenvalue weighted by Crippen LogP contribution is 2.75. The van der Waals surface area contributed by atoms with Crippen LogP contribution < -0.4 is 5.32 Å². The summed E-state index contributed by atoms with van der Waals surface area (Å²) in [5.74, 6) is -0.178. The molecule has 334 valence electrons. The molecule has 4 aromatic carbocycles. The van der Waals surface area contributed by atoms with Crippen LogP contribution in [0.1, 0.15) is 117 Å². The van der Waals surface area contributed by atoms with Crippen LogP contribution >= 0.6 is 0 Å². The van der Waals surface area contributed by atoms with Crippen molar-refractivity contribution in [3.8, 4) is 28.7 Å². The molecule has 0 saturated heterocycles. The van der Waals surface area contributed by atoms with E-state index in [2.05, 4.69) is 65.9 Å². The lowest BCUT2D eigenvalue weighted by atomic mass is 9.35. The van der Waals surface area contributed by atoms with Gasteiger partial charge in [0.25, 0.3) is 0 Å². The van der Waals surface area contributed by atoms with Gasteiger partial charge in [0, 0.05) is 41.4 Å². The van der Waals surface area contributed by atoms with E-state index in [-0.39, 0.29) is 62.3 Å². The Labute approximate surface area is 376 Å². The number of unbranched alkanes of at least 4 members (excludes halogenated alkanes) is 2. The molecule has 8 N–H and O–H groups in total. The van der Waals surface area contributed by atoms with Crippen LogP contribution in [0, 0.1) is 28.6 Å². The van der Waals surface area contributed by atoms with Crippen LogP contribution in [0.2, 0.25) is 0 Å². The van der Waals surface area contributed by atoms with Crippen molar-refractivity contribution in [1.82, 2.24) is 15.3 Å². The average molecular weight is 862 g/mol. The minimum Gasteiger partial charge on any atom is -0.507 e. The third-order valence-corrected chi connectivity index (χ3v) is 16.9. The SMILES string of the molecule is CCCCCc1cc(CCc2c(O)c(O)c3c(O)cccc3c2C=Cc2ccc(O)c(O)c2)ccc1CNC1C=CC2CCCC23CCC24CCCC2C=CC(O)C4C13c1cnc[nH]1. The Morgan fingerprint density at radius 2 is 1.61 bits per heavy atom. The van der Waals surface area contributed by atoms with Crippen LogP contribution in [0.5, 0.6) is 28.7 Å². The lowest BCUT2D eigenvalue weighted by Gasteiger charge is -2.69. The largest absolute Gasteiger partial charge is 0.507 e. The van der Waals surface area contributed by atoms with E-state index in [1.165, 1.54) is 80.0 Å². The summed E-state index contributed by atoms with van der Waals surface area (Å²) in [4.78, 5) is 8.39. The van der Waals surface area contributed by atoms with Crippen LogP contribution in [-0.2, 0) is 31.2 Å². The highest BCUT2D eigenvalue weighted by Gasteiger charge is 2.74. The molecule has 8 unspecified atom stereocenters. The molecule has 0 bridgehead atoms. The fraction of sp³-hybridized carbons (Fsp3) is 0.436. The van der Waals surface area contributed by atoms with Gasteiger partial charge in [-0.2, -0.15) is 0 Å². The van der Waals surface area contributed by atoms with Gasteiger partial charge in [-0.25, -0.2) is 4.98 Å². The summed E-state index contributed by atoms with van der Waals surface area (Å²) < 4.78 is 0. The second-order valence-corrected chi connectivity index (χ2v) is 19.7. The first-order valence-electron chi connectivity index (χ1n) is 23.9. The van der Waals surface area contributed by atoms with E-state index < -0.39 is 6.10 Å². The van der Waals surface area contributed by atoms with Crippen LogP contribution in [0.15, 0.2) is 91.4 Å². The Morgan fingerprint density at radius 1 is 0.766 bits per heavy atom. The predicted molar refractivity (Wildman–Crippen MR) is 252 cm³/mol. The molecule has 3 saturated carbocycles. The average Bonchev–Trinajstić information content (AvgIpc) is 4.08. The quantitative estimate of drug-likeness (QED) is 0.0251. The molecular formula is C55H63N3O6. The number of aromatic nitrogens is 2. The number of aromatic hydroxyl groups is 5. The Balaban J connectivity index is 0.986. The minimum absolute atomic E-state index is 0.00458. The molecule has 64 heavy (non-hydrogen) atoms. The monoisotopic (exact) mass is 861 g/mol. The molecule has 5 aromatic rings. The first-order valence-corrected chi connectivity index (χ1v) is 23.9. The van der Waals surface area contributed by atoms with Crippen LogP contribution in [0.3, 0.4) is 0 Å². The number of fused-ring (bicyclic) bond motifs is 2. The Hall–Kier alpha value is -5.51. The number of H-pyrrole nitrogens is 1. The molecule has 5 aliphatic rings. The van der Waals surface area contributed by atoms with Crippen molar-refractivity contribution >= 4 is 22.9 Å². The molecule has 2 spiro atoms. The molecular weight excluding hydrogens is 799 g/mol. The molecule has 1 aromatic heterocycles. The molecule has 9 nitrogen and oxygen atoms in total. The fourth-order valence-electron chi connectivity index (χ4n) is 14.2. The standard InChI is InChI=1S/C55H63N3O6/c1-2-3-4-8-36-29-34(15-21-42-40(20-14-35-16-22-43(59)46(62)30-35)41-11-5-12-44(60)49(41)51(64)50(42)63)13-17-37(36)31-57-47-24-19-39-10-7-26-54(39)28-27-53-25-6-9-38(53)18-23-45(61)52(53)55(47,54)48-32-56-33-58-48/h5,11-14,16-20,22-24,29-30,32-33,38-39,45,47,52,57,59-64H,2-4,6-10,15,21,25-28,31H2,1H3,(H,56,58). The smallest absolute Gasteiger partial charge is 0.169 e. The van der Waals surface area contributed by atoms with Gasteiger partial charge in [0.05, 0.1) is 17.8 Å². The van der Waals surface area contributed by atoms with E-state index >= 15 is 0 Å². The zero-order valence-corrected chi connectivity index (χ0v) is 36.9. The number of hydrogen-bond donors (Lipinski definition) is 8. The number of aryl methyl sites for hydroxylation is 2. The molecule has 9 heteroatoms. The van der Waals surface area contributed by atoms with Crippen LogP contribution in [-0.4, -0.2) is 52.8 Å². The third kappa shape index (κ3) is 6.67. The van der Waals surface area contributed by atoms with Crippen LogP contribution in [0.4, 0.5) is 0 Å². The summed E-state index contributed by atoms with van der Waals surface area (Å²) in [6.45, 7) is 2.92. The van der Waals surface area contributed by atoms with Crippen molar-refractivity contribution in [2.45, 2.75) is 121 Å². The molecule has 8 atom stereocenters. The highest BCUT2D eigenvalue weighted by molar-refractivity contribution is 6.03. The van der Waals surface area contributed by atoms with Gasteiger partial charge in [0.15, 0.2) is 23.0 Å². The zero-order chi connectivity index (χ0) is 44.2. The summed E-state index contributed by atoms with van der Waals surface area (Å²) in [6, 6.07) is 16.4. The number of hydrogen-bond acceptors (Lipinski definition) is 8. The maximum absolute atomic E-state index is 12.4. The van der Waals surface area contributed by atoms with Crippen LogP contribution in [0.25, 0.3) is 22.9 Å². The van der Waals surface area contributed by atoms with Gasteiger partial charge in [-0.1, -0.05) is 105 Å². The number of aliphatic hydroxyl groups excluding tert-OH is 1. The van der Waals surface area contributed by atoms with Gasteiger partial charge in [0.1, 0.15) is 5.75 Å². The summed E-state index contributed by atoms with van der Waals surface area (Å²) >= 11 is 0. The maximum atomic E-state index is 12.4. The third-order valence-electron chi connectivity index (χ3n) is 16.9. The van der Waals surface area contributed by atoms with Gasteiger partial charge in [-0.15, -0.1) is 0 Å². The summed E-state index contributed by atoms with van der Waals surface area (Å²) in [7, 11) is 0. The number of phenolic OH excluding ortho intramolecular Hbond substituents is 5. The number of aromatic amines is 1. The van der Waals surface area contributed by atoms with E-state index in [1.807, 2.05) is 18.5 Å². The number of rotatable bonds is 13. The topological polar surface area (TPSA) is 162 Å². The second-order valence-electron chi connectivity index (χ2n) is 19.7. The van der Waals surface area contributed by atoms with Crippen molar-refractivity contribution in [3.05, 3.63) is 131 Å². The van der Waals surface area contributed by atoms with Gasteiger partial charge < -0.3 is 40.9 Å². The van der Waals surface area contributed by atoms with E-state index in [4.69, 9.17) is 4.98 Å². The van der Waals surface area contributed by atoms with Gasteiger partial charge >= 0.3 is 0 Å². The van der Waals surface area contributed by atoms with E-state index in [0.717, 1.165) is 37.7 Å². The molecule has 5 aliphatic carbocycles. The normalized spacial score (nSPS) is 29.2. The summed E-state index contributed by atoms with van der Waals surface area (Å²) in [5, 5.41) is 71.0. The van der Waals surface area contributed by atoms with Crippen molar-refractivity contribution in [2.24, 2.45) is 28.6 Å². The lowest BCUT2D eigenvalue weighted by molar-refractivity contribution is -0.159. The van der Waals surface area contributed by atoms with Crippen molar-refractivity contribution in [2.75, 3.05) is 0 Å². The van der Waals surface area contributed by atoms with Crippen molar-refractivity contribution in [3.63, 3.8) is 0 Å². The molecule has 0 radical (unpaired) electrons. The number of phenols is 5. The van der Waals surface area contributed by atoms with E-state index in [0.29, 0.717) is 53.3 Å². The Kier molecular flexibility index (Phi) is 11.1. The Morgan fingerprint density at radius 3 is 2.44 bits per heavy atom. The number of allylic oxidation sites excluding steroid dienone is 2. The second kappa shape index (κ2) is 16.8. The number of nitrogens with zero attached hydrogens (tertiary/aromatic N) is 1. The fourth-order valence-corrected chi connectivity index (χ4v) is 14.2. The summed E-state index contributed by atoms with van der Waals surface area (Å²) in [6.07, 6.45) is 31.3. The molecule has 0 aliphatic heterocycles.